The van der Waals surface area contributed by atoms with E-state index >= 15 is 0 Å². The first-order valence-electron chi connectivity index (χ1n) is 16.1. The highest BCUT2D eigenvalue weighted by Gasteiger charge is 2.53. The van der Waals surface area contributed by atoms with E-state index in [1.807, 2.05) is 30.1 Å². The van der Waals surface area contributed by atoms with Crippen LogP contribution in [0.2, 0.25) is 0 Å². The summed E-state index contributed by atoms with van der Waals surface area (Å²) >= 11 is 9.68. The van der Waals surface area contributed by atoms with Crippen LogP contribution in [0.25, 0.3) is 22.2 Å². The third-order valence-corrected chi connectivity index (χ3v) is 12.6. The molecule has 14 heteroatoms. The third kappa shape index (κ3) is 5.45. The molecule has 2 fully saturated rings. The monoisotopic (exact) mass is 744 g/mol. The van der Waals surface area contributed by atoms with Crippen molar-refractivity contribution in [2.75, 3.05) is 62.7 Å². The Morgan fingerprint density at radius 2 is 1.79 bits per heavy atom. The highest BCUT2D eigenvalue weighted by molar-refractivity contribution is 9.10. The number of hydrogen-bond acceptors (Lipinski definition) is 11. The molecule has 3 aliphatic rings. The van der Waals surface area contributed by atoms with Crippen molar-refractivity contribution >= 4 is 78.9 Å². The summed E-state index contributed by atoms with van der Waals surface area (Å²) in [5, 5.41) is 12.6. The van der Waals surface area contributed by atoms with Crippen LogP contribution in [0, 0.1) is 5.41 Å². The van der Waals surface area contributed by atoms with Crippen LogP contribution in [0.3, 0.4) is 0 Å². The average Bonchev–Trinajstić information content (AvgIpc) is 3.31. The molecule has 1 aliphatic carbocycles. The van der Waals surface area contributed by atoms with Crippen LogP contribution in [0.4, 0.5) is 28.8 Å². The number of methoxy groups -OCH3 is 1. The molecular formula is C34H38BrN10OPS. The van der Waals surface area contributed by atoms with E-state index in [9.17, 15) is 0 Å². The zero-order valence-corrected chi connectivity index (χ0v) is 31.0. The van der Waals surface area contributed by atoms with Crippen molar-refractivity contribution in [3.63, 3.8) is 0 Å². The van der Waals surface area contributed by atoms with Crippen molar-refractivity contribution < 1.29 is 4.74 Å². The number of fused-ring (bicyclic) bond motifs is 4. The molecule has 2 aliphatic heterocycles. The fraction of sp³-hybridized carbons (Fsp3) is 0.382. The maximum atomic E-state index is 6.03. The zero-order valence-electron chi connectivity index (χ0n) is 27.7. The van der Waals surface area contributed by atoms with Gasteiger partial charge in [0.1, 0.15) is 11.6 Å². The van der Waals surface area contributed by atoms with Crippen LogP contribution in [0.5, 0.6) is 5.75 Å². The molecule has 1 saturated heterocycles. The molecule has 5 aromatic rings. The normalized spacial score (nSPS) is 17.3. The Labute approximate surface area is 293 Å². The van der Waals surface area contributed by atoms with Gasteiger partial charge >= 0.3 is 0 Å². The molecule has 0 atom stereocenters. The first-order valence-corrected chi connectivity index (χ1v) is 20.6. The van der Waals surface area contributed by atoms with Gasteiger partial charge in [-0.05, 0) is 78.8 Å². The van der Waals surface area contributed by atoms with Crippen molar-refractivity contribution in [3.8, 4) is 16.9 Å². The van der Waals surface area contributed by atoms with E-state index in [2.05, 4.69) is 88.9 Å². The van der Waals surface area contributed by atoms with Crippen LogP contribution < -0.4 is 25.6 Å². The Hall–Kier alpha value is -3.64. The van der Waals surface area contributed by atoms with E-state index < -0.39 is 6.04 Å². The van der Waals surface area contributed by atoms with Gasteiger partial charge in [0, 0.05) is 91.6 Å². The lowest BCUT2D eigenvalue weighted by atomic mass is 9.60. The van der Waals surface area contributed by atoms with Gasteiger partial charge in [-0.15, -0.1) is 0 Å². The molecule has 0 unspecified atom stereocenters. The minimum absolute atomic E-state index is 0.431. The van der Waals surface area contributed by atoms with Gasteiger partial charge in [0.2, 0.25) is 5.95 Å². The van der Waals surface area contributed by atoms with Crippen LogP contribution in [-0.2, 0) is 25.3 Å². The molecule has 2 aromatic carbocycles. The number of aromatic nitrogens is 6. The Kier molecular flexibility index (Phi) is 7.74. The minimum Gasteiger partial charge on any atom is -0.494 e. The summed E-state index contributed by atoms with van der Waals surface area (Å²) in [5.41, 5.74) is 8.48. The van der Waals surface area contributed by atoms with Gasteiger partial charge in [0.25, 0.3) is 0 Å². The molecule has 3 aromatic heterocycles. The van der Waals surface area contributed by atoms with E-state index in [4.69, 9.17) is 21.5 Å². The highest BCUT2D eigenvalue weighted by atomic mass is 79.9. The van der Waals surface area contributed by atoms with E-state index in [0.29, 0.717) is 23.2 Å². The molecule has 0 radical (unpaired) electrons. The number of nitrogens with one attached hydrogen (secondary N) is 2. The second-order valence-corrected chi connectivity index (χ2v) is 20.5. The summed E-state index contributed by atoms with van der Waals surface area (Å²) in [6.45, 7) is 7.56. The molecule has 248 valence electrons. The number of halogens is 1. The predicted molar refractivity (Wildman–Crippen MR) is 201 cm³/mol. The first-order chi connectivity index (χ1) is 23.0. The van der Waals surface area contributed by atoms with Crippen molar-refractivity contribution in [3.05, 3.63) is 59.2 Å². The van der Waals surface area contributed by atoms with Crippen molar-refractivity contribution in [2.45, 2.75) is 25.3 Å². The number of rotatable bonds is 7. The lowest BCUT2D eigenvalue weighted by Crippen LogP contribution is -2.65. The Morgan fingerprint density at radius 3 is 2.54 bits per heavy atom. The number of aryl methyl sites for hydroxylation is 1. The van der Waals surface area contributed by atoms with Gasteiger partial charge < -0.3 is 25.2 Å². The van der Waals surface area contributed by atoms with Gasteiger partial charge in [0.05, 0.1) is 40.2 Å². The average molecular weight is 746 g/mol. The number of ether oxygens (including phenoxy) is 1. The third-order valence-electron chi connectivity index (χ3n) is 9.95. The van der Waals surface area contributed by atoms with Gasteiger partial charge in [0.15, 0.2) is 0 Å². The molecule has 5 heterocycles. The zero-order chi connectivity index (χ0) is 33.4. The highest BCUT2D eigenvalue weighted by Crippen LogP contribution is 2.53. The molecular weight excluding hydrogens is 707 g/mol. The summed E-state index contributed by atoms with van der Waals surface area (Å²) in [6.07, 6.45) is 10.5. The summed E-state index contributed by atoms with van der Waals surface area (Å²) in [4.78, 5) is 23.7. The van der Waals surface area contributed by atoms with E-state index in [0.717, 1.165) is 62.0 Å². The lowest BCUT2D eigenvalue weighted by molar-refractivity contribution is -0.0577. The van der Waals surface area contributed by atoms with Gasteiger partial charge in [-0.1, -0.05) is 11.8 Å². The molecule has 0 bridgehead atoms. The summed E-state index contributed by atoms with van der Waals surface area (Å²) in [5.74, 6) is 1.77. The van der Waals surface area contributed by atoms with Crippen LogP contribution in [-0.4, -0.2) is 87.8 Å². The minimum atomic E-state index is -1.93. The second-order valence-electron chi connectivity index (χ2n) is 13.8. The molecule has 2 N–H and O–H groups in total. The lowest BCUT2D eigenvalue weighted by Gasteiger charge is -2.60. The molecule has 48 heavy (non-hydrogen) atoms. The topological polar surface area (TPSA) is 109 Å². The van der Waals surface area contributed by atoms with Crippen molar-refractivity contribution in [1.82, 2.24) is 34.6 Å². The number of anilines is 5. The van der Waals surface area contributed by atoms with Gasteiger partial charge in [-0.3, -0.25) is 14.6 Å². The molecule has 0 amide bonds. The number of benzene rings is 2. The second kappa shape index (κ2) is 11.8. The standard InChI is InChI=1S/C34H38BrN10OPS/c1-43-18-34(19-43)14-20(15-34)45-11-8-27-22(16-39-44(27)2)21-12-26(29(46-3)13-28(21)45)41-33-38-17-23(35)32(42-33)40-25-7-6-24-30(37-10-9-36-24)31(25)47(4,5)48/h6-7,9-10,12-13,16-17,20H,8,11,14-15,18-19H2,1-5H3,(H2,38,40,41,42). The molecule has 1 saturated carbocycles. The SMILES string of the molecule is COc1cc2c(cc1Nc1ncc(Br)c(Nc3ccc4nccnc4c3P(C)(C)=S)n1)-c1cnn(C)c1CCN2C1CC2(C1)CN(C)C2. The Morgan fingerprint density at radius 1 is 1.00 bits per heavy atom. The van der Waals surface area contributed by atoms with Crippen LogP contribution >= 0.6 is 22.0 Å². The Bertz CT molecular complexity index is 2120. The van der Waals surface area contributed by atoms with E-state index in [1.165, 1.54) is 37.3 Å². The van der Waals surface area contributed by atoms with Gasteiger partial charge in [-0.25, -0.2) is 4.98 Å². The molecule has 8 rings (SSSR count). The molecule has 1 spiro atoms. The number of likely N-dealkylation sites (tertiary alicyclic amines) is 1. The summed E-state index contributed by atoms with van der Waals surface area (Å²) in [7, 11) is 5.97. The maximum Gasteiger partial charge on any atom is 0.229 e. The smallest absolute Gasteiger partial charge is 0.229 e. The first kappa shape index (κ1) is 31.6. The maximum absolute atomic E-state index is 6.03. The summed E-state index contributed by atoms with van der Waals surface area (Å²) in [6, 6.07) is 6.89. The predicted octanol–water partition coefficient (Wildman–Crippen LogP) is 5.90. The van der Waals surface area contributed by atoms with E-state index in [1.54, 1.807) is 25.7 Å². The largest absolute Gasteiger partial charge is 0.494 e. The fourth-order valence-electron chi connectivity index (χ4n) is 7.95. The van der Waals surface area contributed by atoms with Crippen LogP contribution in [0.1, 0.15) is 18.5 Å². The van der Waals surface area contributed by atoms with Crippen molar-refractivity contribution in [2.24, 2.45) is 12.5 Å². The van der Waals surface area contributed by atoms with Gasteiger partial charge in [-0.2, -0.15) is 10.1 Å². The van der Waals surface area contributed by atoms with E-state index in [-0.39, 0.29) is 0 Å². The molecule has 11 nitrogen and oxygen atoms in total. The Balaban J connectivity index is 1.15. The van der Waals surface area contributed by atoms with Crippen LogP contribution in [0.15, 0.2) is 53.5 Å². The van der Waals surface area contributed by atoms with Crippen molar-refractivity contribution in [1.29, 1.82) is 0 Å². The quantitative estimate of drug-likeness (QED) is 0.195. The fourth-order valence-corrected chi connectivity index (χ4v) is 10.2. The number of hydrogen-bond donors (Lipinski definition) is 2. The number of nitrogens with zero attached hydrogens (tertiary/aromatic N) is 8. The summed E-state index contributed by atoms with van der Waals surface area (Å²) < 4.78 is 8.74.